The zero-order valence-corrected chi connectivity index (χ0v) is 54.8. The molecule has 0 aromatic carbocycles. The molecule has 0 rings (SSSR count). The number of rotatable bonds is 68. The van der Waals surface area contributed by atoms with Gasteiger partial charge in [0.2, 0.25) is 0 Å². The summed E-state index contributed by atoms with van der Waals surface area (Å²) in [5.41, 5.74) is 0. The number of hydrogen-bond acceptors (Lipinski definition) is 6. The first kappa shape index (κ1) is 78.6. The molecule has 6 nitrogen and oxygen atoms in total. The SMILES string of the molecule is CCCCCCC/C=C\C/C=C\C/C=C\CCCCCCCCCCCCCCCCC(=O)OCC(COC(=O)CCCCCCCCC)OC(=O)CCCCCCCCCCCCCCCCCCCCCCCCCCCCC. The molecule has 6 heteroatoms. The van der Waals surface area contributed by atoms with E-state index in [2.05, 4.69) is 57.2 Å². The maximum atomic E-state index is 12.9. The van der Waals surface area contributed by atoms with Gasteiger partial charge in [0.05, 0.1) is 0 Å². The van der Waals surface area contributed by atoms with Crippen molar-refractivity contribution in [2.75, 3.05) is 13.2 Å². The Morgan fingerprint density at radius 3 is 0.691 bits per heavy atom. The molecule has 0 spiro atoms. The molecular formula is C75H140O6. The minimum Gasteiger partial charge on any atom is -0.462 e. The van der Waals surface area contributed by atoms with Crippen LogP contribution in [0.2, 0.25) is 0 Å². The monoisotopic (exact) mass is 1140 g/mol. The first-order chi connectivity index (χ1) is 40.0. The predicted molar refractivity (Wildman–Crippen MR) is 353 cm³/mol. The predicted octanol–water partition coefficient (Wildman–Crippen LogP) is 25.1. The lowest BCUT2D eigenvalue weighted by Gasteiger charge is -2.18. The van der Waals surface area contributed by atoms with Crippen molar-refractivity contribution in [3.63, 3.8) is 0 Å². The number of ether oxygens (including phenoxy) is 3. The first-order valence-electron chi connectivity index (χ1n) is 36.5. The van der Waals surface area contributed by atoms with Crippen LogP contribution in [0, 0.1) is 0 Å². The van der Waals surface area contributed by atoms with Gasteiger partial charge in [-0.3, -0.25) is 14.4 Å². The molecule has 0 aromatic heterocycles. The van der Waals surface area contributed by atoms with Gasteiger partial charge in [-0.2, -0.15) is 0 Å². The van der Waals surface area contributed by atoms with Crippen molar-refractivity contribution < 1.29 is 28.6 Å². The third kappa shape index (κ3) is 68.3. The Hall–Kier alpha value is -2.37. The van der Waals surface area contributed by atoms with Crippen LogP contribution >= 0.6 is 0 Å². The van der Waals surface area contributed by atoms with E-state index in [9.17, 15) is 14.4 Å². The van der Waals surface area contributed by atoms with Gasteiger partial charge in [0.15, 0.2) is 6.10 Å². The standard InChI is InChI=1S/C75H140O6/c1-4-7-10-13-16-18-20-22-24-26-28-30-32-34-36-37-39-40-42-44-46-48-50-52-54-56-59-62-65-68-74(77)80-71-72(70-79-73(76)67-64-61-58-15-12-9-6-3)81-75(78)69-66-63-60-57-55-53-51-49-47-45-43-41-38-35-33-31-29-27-25-23-21-19-17-14-11-8-5-2/h20,22,26,28,32,34,72H,4-19,21,23-25,27,29-31,33,35-71H2,1-3H3/b22-20-,28-26-,34-32-. The summed E-state index contributed by atoms with van der Waals surface area (Å²) in [6.07, 6.45) is 87.9. The Morgan fingerprint density at radius 1 is 0.247 bits per heavy atom. The lowest BCUT2D eigenvalue weighted by Crippen LogP contribution is -2.30. The summed E-state index contributed by atoms with van der Waals surface area (Å²) < 4.78 is 16.9. The Labute approximate surface area is 506 Å². The fourth-order valence-corrected chi connectivity index (χ4v) is 11.2. The van der Waals surface area contributed by atoms with E-state index in [1.807, 2.05) is 0 Å². The van der Waals surface area contributed by atoms with Crippen LogP contribution in [0.5, 0.6) is 0 Å². The summed E-state index contributed by atoms with van der Waals surface area (Å²) in [5, 5.41) is 0. The molecule has 0 bridgehead atoms. The van der Waals surface area contributed by atoms with Gasteiger partial charge in [0.25, 0.3) is 0 Å². The van der Waals surface area contributed by atoms with E-state index >= 15 is 0 Å². The van der Waals surface area contributed by atoms with Crippen LogP contribution in [0.15, 0.2) is 36.5 Å². The van der Waals surface area contributed by atoms with Crippen LogP contribution in [0.1, 0.15) is 406 Å². The molecule has 0 aliphatic rings. The molecule has 0 aliphatic heterocycles. The number of unbranched alkanes of at least 4 members (excludes halogenated alkanes) is 51. The minimum absolute atomic E-state index is 0.0668. The van der Waals surface area contributed by atoms with Crippen molar-refractivity contribution in [1.29, 1.82) is 0 Å². The van der Waals surface area contributed by atoms with E-state index in [4.69, 9.17) is 14.2 Å². The zero-order chi connectivity index (χ0) is 58.5. The average Bonchev–Trinajstić information content (AvgIpc) is 3.47. The number of carbonyl (C=O) groups is 3. The Morgan fingerprint density at radius 2 is 0.444 bits per heavy atom. The molecule has 0 saturated heterocycles. The van der Waals surface area contributed by atoms with Gasteiger partial charge in [0.1, 0.15) is 13.2 Å². The molecule has 0 heterocycles. The summed E-state index contributed by atoms with van der Waals surface area (Å²) in [6, 6.07) is 0. The van der Waals surface area contributed by atoms with E-state index in [0.29, 0.717) is 19.3 Å². The van der Waals surface area contributed by atoms with E-state index in [-0.39, 0.29) is 31.1 Å². The molecule has 0 saturated carbocycles. The molecular weight excluding hydrogens is 997 g/mol. The van der Waals surface area contributed by atoms with Crippen molar-refractivity contribution in [1.82, 2.24) is 0 Å². The molecule has 0 fully saturated rings. The van der Waals surface area contributed by atoms with Crippen LogP contribution in [-0.4, -0.2) is 37.2 Å². The topological polar surface area (TPSA) is 78.9 Å². The van der Waals surface area contributed by atoms with Crippen molar-refractivity contribution in [2.24, 2.45) is 0 Å². The van der Waals surface area contributed by atoms with Crippen LogP contribution in [-0.2, 0) is 28.6 Å². The minimum atomic E-state index is -0.767. The molecule has 476 valence electrons. The smallest absolute Gasteiger partial charge is 0.306 e. The Balaban J connectivity index is 4.01. The lowest BCUT2D eigenvalue weighted by molar-refractivity contribution is -0.167. The van der Waals surface area contributed by atoms with Gasteiger partial charge in [-0.15, -0.1) is 0 Å². The summed E-state index contributed by atoms with van der Waals surface area (Å²) in [5.74, 6) is -0.846. The second-order valence-corrected chi connectivity index (χ2v) is 24.9. The first-order valence-corrected chi connectivity index (χ1v) is 36.5. The summed E-state index contributed by atoms with van der Waals surface area (Å²) in [7, 11) is 0. The maximum Gasteiger partial charge on any atom is 0.306 e. The highest BCUT2D eigenvalue weighted by atomic mass is 16.6. The van der Waals surface area contributed by atoms with Gasteiger partial charge < -0.3 is 14.2 Å². The molecule has 0 aliphatic carbocycles. The Kier molecular flexibility index (Phi) is 68.1. The highest BCUT2D eigenvalue weighted by Crippen LogP contribution is 2.19. The number of esters is 3. The van der Waals surface area contributed by atoms with Crippen molar-refractivity contribution in [3.05, 3.63) is 36.5 Å². The third-order valence-corrected chi connectivity index (χ3v) is 16.6. The molecule has 1 unspecified atom stereocenters. The van der Waals surface area contributed by atoms with Crippen molar-refractivity contribution in [2.45, 2.75) is 412 Å². The second kappa shape index (κ2) is 70.1. The quantitative estimate of drug-likeness (QED) is 0.0261. The van der Waals surface area contributed by atoms with E-state index in [1.165, 1.54) is 295 Å². The number of hydrogen-bond donors (Lipinski definition) is 0. The fourth-order valence-electron chi connectivity index (χ4n) is 11.2. The van der Waals surface area contributed by atoms with Crippen molar-refractivity contribution >= 4 is 17.9 Å². The van der Waals surface area contributed by atoms with Gasteiger partial charge in [-0.05, 0) is 57.8 Å². The number of carbonyl (C=O) groups excluding carboxylic acids is 3. The van der Waals surface area contributed by atoms with Gasteiger partial charge >= 0.3 is 17.9 Å². The molecule has 81 heavy (non-hydrogen) atoms. The van der Waals surface area contributed by atoms with Crippen molar-refractivity contribution in [3.8, 4) is 0 Å². The van der Waals surface area contributed by atoms with Crippen LogP contribution < -0.4 is 0 Å². The van der Waals surface area contributed by atoms with E-state index in [1.54, 1.807) is 0 Å². The normalized spacial score (nSPS) is 12.2. The third-order valence-electron chi connectivity index (χ3n) is 16.6. The van der Waals surface area contributed by atoms with Gasteiger partial charge in [0, 0.05) is 19.3 Å². The summed E-state index contributed by atoms with van der Waals surface area (Å²) >= 11 is 0. The summed E-state index contributed by atoms with van der Waals surface area (Å²) in [6.45, 7) is 6.66. The highest BCUT2D eigenvalue weighted by Gasteiger charge is 2.19. The molecule has 0 aromatic rings. The highest BCUT2D eigenvalue weighted by molar-refractivity contribution is 5.71. The van der Waals surface area contributed by atoms with Gasteiger partial charge in [-0.1, -0.05) is 365 Å². The lowest BCUT2D eigenvalue weighted by atomic mass is 10.0. The number of allylic oxidation sites excluding steroid dienone is 6. The molecule has 0 radical (unpaired) electrons. The van der Waals surface area contributed by atoms with E-state index < -0.39 is 6.10 Å². The second-order valence-electron chi connectivity index (χ2n) is 24.9. The molecule has 1 atom stereocenters. The largest absolute Gasteiger partial charge is 0.462 e. The van der Waals surface area contributed by atoms with Crippen LogP contribution in [0.4, 0.5) is 0 Å². The summed E-state index contributed by atoms with van der Waals surface area (Å²) in [4.78, 5) is 38.2. The average molecular weight is 1140 g/mol. The Bertz CT molecular complexity index is 1350. The fraction of sp³-hybridized carbons (Fsp3) is 0.880. The maximum absolute atomic E-state index is 12.9. The van der Waals surface area contributed by atoms with Crippen LogP contribution in [0.25, 0.3) is 0 Å². The molecule has 0 amide bonds. The molecule has 0 N–H and O–H groups in total. The zero-order valence-electron chi connectivity index (χ0n) is 54.8. The van der Waals surface area contributed by atoms with Gasteiger partial charge in [-0.25, -0.2) is 0 Å². The van der Waals surface area contributed by atoms with E-state index in [0.717, 1.165) is 70.6 Å². The van der Waals surface area contributed by atoms with Crippen LogP contribution in [0.3, 0.4) is 0 Å².